The van der Waals surface area contributed by atoms with Crippen LogP contribution in [0.15, 0.2) is 71.0 Å². The number of furan rings is 1. The van der Waals surface area contributed by atoms with Crippen LogP contribution in [0.4, 0.5) is 5.69 Å². The number of hydrogen-bond donors (Lipinski definition) is 1. The quantitative estimate of drug-likeness (QED) is 0.526. The first-order chi connectivity index (χ1) is 15.0. The van der Waals surface area contributed by atoms with Crippen molar-refractivity contribution in [1.82, 2.24) is 4.90 Å². The molecule has 0 unspecified atom stereocenters. The highest BCUT2D eigenvalue weighted by molar-refractivity contribution is 6.36. The number of ether oxygens (including phenoxy) is 1. The predicted octanol–water partition coefficient (Wildman–Crippen LogP) is 5.03. The van der Waals surface area contributed by atoms with Gasteiger partial charge in [0.25, 0.3) is 11.8 Å². The van der Waals surface area contributed by atoms with E-state index in [1.807, 2.05) is 26.0 Å². The van der Waals surface area contributed by atoms with Crippen LogP contribution in [0.2, 0.25) is 5.02 Å². The van der Waals surface area contributed by atoms with E-state index in [0.717, 1.165) is 5.56 Å². The van der Waals surface area contributed by atoms with Gasteiger partial charge >= 0.3 is 0 Å². The zero-order chi connectivity index (χ0) is 22.0. The number of nitrogens with one attached hydrogen (secondary N) is 1. The van der Waals surface area contributed by atoms with Crippen LogP contribution < -0.4 is 10.1 Å². The maximum atomic E-state index is 13.3. The number of amides is 2. The molecule has 2 heterocycles. The fourth-order valence-corrected chi connectivity index (χ4v) is 3.54. The Bertz CT molecular complexity index is 1150. The Labute approximate surface area is 185 Å². The van der Waals surface area contributed by atoms with Crippen molar-refractivity contribution >= 4 is 34.7 Å². The smallest absolute Gasteiger partial charge is 0.278 e. The first-order valence-corrected chi connectivity index (χ1v) is 10.2. The highest BCUT2D eigenvalue weighted by Crippen LogP contribution is 2.33. The molecule has 4 rings (SSSR count). The Hall–Kier alpha value is -3.51. The molecular formula is C24H21ClN2O4. The lowest BCUT2D eigenvalue weighted by Gasteiger charge is -2.14. The summed E-state index contributed by atoms with van der Waals surface area (Å²) in [6.07, 6.45) is 1.51. The molecule has 2 amide bonds. The van der Waals surface area contributed by atoms with Crippen molar-refractivity contribution < 1.29 is 18.7 Å². The number of imide groups is 1. The van der Waals surface area contributed by atoms with Gasteiger partial charge < -0.3 is 14.5 Å². The van der Waals surface area contributed by atoms with Crippen molar-refractivity contribution in [2.24, 2.45) is 0 Å². The molecule has 0 bridgehead atoms. The van der Waals surface area contributed by atoms with Crippen molar-refractivity contribution in [1.29, 1.82) is 0 Å². The standard InChI is InChI=1S/C24H21ClN2O4/c1-3-30-18-10-7-16(8-11-18)21-22(26-17-9-6-15(2)20(25)13-17)24(29)27(23(21)28)14-19-5-4-12-31-19/h4-13,26H,3,14H2,1-2H3. The van der Waals surface area contributed by atoms with Crippen LogP contribution >= 0.6 is 11.6 Å². The maximum absolute atomic E-state index is 13.3. The van der Waals surface area contributed by atoms with Gasteiger partial charge in [-0.05, 0) is 61.4 Å². The van der Waals surface area contributed by atoms with E-state index in [4.69, 9.17) is 20.8 Å². The van der Waals surface area contributed by atoms with Gasteiger partial charge in [0, 0.05) is 10.7 Å². The van der Waals surface area contributed by atoms with E-state index in [1.165, 1.54) is 11.2 Å². The van der Waals surface area contributed by atoms with Crippen LogP contribution in [0.3, 0.4) is 0 Å². The summed E-state index contributed by atoms with van der Waals surface area (Å²) in [5, 5.41) is 3.68. The Morgan fingerprint density at radius 3 is 2.48 bits per heavy atom. The van der Waals surface area contributed by atoms with Crippen LogP contribution in [0.1, 0.15) is 23.8 Å². The summed E-state index contributed by atoms with van der Waals surface area (Å²) in [4.78, 5) is 27.7. The number of carbonyl (C=O) groups is 2. The zero-order valence-corrected chi connectivity index (χ0v) is 17.9. The summed E-state index contributed by atoms with van der Waals surface area (Å²) >= 11 is 6.24. The fourth-order valence-electron chi connectivity index (χ4n) is 3.36. The van der Waals surface area contributed by atoms with E-state index in [-0.39, 0.29) is 17.8 Å². The molecule has 1 aliphatic heterocycles. The highest BCUT2D eigenvalue weighted by Gasteiger charge is 2.39. The van der Waals surface area contributed by atoms with Crippen LogP contribution in [0.5, 0.6) is 5.75 Å². The molecule has 7 heteroatoms. The average molecular weight is 437 g/mol. The van der Waals surface area contributed by atoms with Crippen molar-refractivity contribution in [3.05, 3.63) is 88.5 Å². The third-order valence-electron chi connectivity index (χ3n) is 4.96. The molecule has 0 saturated heterocycles. The number of benzene rings is 2. The van der Waals surface area contributed by atoms with Gasteiger partial charge in [0.2, 0.25) is 0 Å². The van der Waals surface area contributed by atoms with Crippen molar-refractivity contribution in [2.45, 2.75) is 20.4 Å². The van der Waals surface area contributed by atoms with E-state index < -0.39 is 11.8 Å². The van der Waals surface area contributed by atoms with E-state index in [0.29, 0.717) is 34.4 Å². The number of anilines is 1. The second kappa shape index (κ2) is 8.70. The number of aryl methyl sites for hydroxylation is 1. The van der Waals surface area contributed by atoms with Gasteiger partial charge in [-0.25, -0.2) is 0 Å². The zero-order valence-electron chi connectivity index (χ0n) is 17.1. The molecule has 6 nitrogen and oxygen atoms in total. The average Bonchev–Trinajstić information content (AvgIpc) is 3.35. The molecule has 158 valence electrons. The lowest BCUT2D eigenvalue weighted by Crippen LogP contribution is -2.31. The molecule has 31 heavy (non-hydrogen) atoms. The van der Waals surface area contributed by atoms with Gasteiger partial charge in [0.05, 0.1) is 25.0 Å². The molecule has 1 aliphatic rings. The molecule has 0 fully saturated rings. The van der Waals surface area contributed by atoms with Gasteiger partial charge in [0.1, 0.15) is 17.2 Å². The maximum Gasteiger partial charge on any atom is 0.278 e. The monoisotopic (exact) mass is 436 g/mol. The first kappa shape index (κ1) is 20.8. The third kappa shape index (κ3) is 4.20. The lowest BCUT2D eigenvalue weighted by atomic mass is 10.0. The van der Waals surface area contributed by atoms with Gasteiger partial charge in [-0.1, -0.05) is 29.8 Å². The molecular weight excluding hydrogens is 416 g/mol. The molecule has 0 radical (unpaired) electrons. The van der Waals surface area contributed by atoms with Gasteiger partial charge in [-0.3, -0.25) is 14.5 Å². The van der Waals surface area contributed by atoms with Gasteiger partial charge in [-0.15, -0.1) is 0 Å². The van der Waals surface area contributed by atoms with Crippen LogP contribution in [-0.2, 0) is 16.1 Å². The molecule has 0 aliphatic carbocycles. The Morgan fingerprint density at radius 1 is 1.06 bits per heavy atom. The predicted molar refractivity (Wildman–Crippen MR) is 119 cm³/mol. The number of hydrogen-bond acceptors (Lipinski definition) is 5. The van der Waals surface area contributed by atoms with Crippen molar-refractivity contribution in [2.75, 3.05) is 11.9 Å². The molecule has 1 aromatic heterocycles. The normalized spacial score (nSPS) is 13.8. The summed E-state index contributed by atoms with van der Waals surface area (Å²) < 4.78 is 10.8. The molecule has 3 aromatic rings. The van der Waals surface area contributed by atoms with E-state index >= 15 is 0 Å². The summed E-state index contributed by atoms with van der Waals surface area (Å²) in [5.41, 5.74) is 2.64. The van der Waals surface area contributed by atoms with Gasteiger partial charge in [0.15, 0.2) is 0 Å². The largest absolute Gasteiger partial charge is 0.494 e. The fraction of sp³-hybridized carbons (Fsp3) is 0.167. The number of carbonyl (C=O) groups excluding carboxylic acids is 2. The minimum absolute atomic E-state index is 0.0467. The molecule has 0 atom stereocenters. The van der Waals surface area contributed by atoms with Crippen molar-refractivity contribution in [3.8, 4) is 5.75 Å². The second-order valence-corrected chi connectivity index (χ2v) is 7.48. The van der Waals surface area contributed by atoms with Crippen LogP contribution in [0, 0.1) is 6.92 Å². The van der Waals surface area contributed by atoms with Crippen LogP contribution in [-0.4, -0.2) is 23.3 Å². The lowest BCUT2D eigenvalue weighted by molar-refractivity contribution is -0.137. The van der Waals surface area contributed by atoms with Crippen LogP contribution in [0.25, 0.3) is 5.57 Å². The summed E-state index contributed by atoms with van der Waals surface area (Å²) in [5.74, 6) is 0.386. The summed E-state index contributed by atoms with van der Waals surface area (Å²) in [6, 6.07) is 15.9. The highest BCUT2D eigenvalue weighted by atomic mass is 35.5. The van der Waals surface area contributed by atoms with Gasteiger partial charge in [-0.2, -0.15) is 0 Å². The SMILES string of the molecule is CCOc1ccc(C2=C(Nc3ccc(C)c(Cl)c3)C(=O)N(Cc3ccco3)C2=O)cc1. The number of rotatable bonds is 7. The summed E-state index contributed by atoms with van der Waals surface area (Å²) in [6.45, 7) is 4.38. The van der Waals surface area contributed by atoms with E-state index in [2.05, 4.69) is 5.32 Å². The minimum Gasteiger partial charge on any atom is -0.494 e. The Balaban J connectivity index is 1.73. The minimum atomic E-state index is -0.429. The molecule has 0 saturated carbocycles. The Kier molecular flexibility index (Phi) is 5.82. The third-order valence-corrected chi connectivity index (χ3v) is 5.36. The molecule has 1 N–H and O–H groups in total. The number of halogens is 1. The Morgan fingerprint density at radius 2 is 1.84 bits per heavy atom. The van der Waals surface area contributed by atoms with E-state index in [1.54, 1.807) is 42.5 Å². The first-order valence-electron chi connectivity index (χ1n) is 9.87. The summed E-state index contributed by atoms with van der Waals surface area (Å²) in [7, 11) is 0. The number of nitrogens with zero attached hydrogens (tertiary/aromatic N) is 1. The molecule has 2 aromatic carbocycles. The van der Waals surface area contributed by atoms with Crippen molar-refractivity contribution in [3.63, 3.8) is 0 Å². The second-order valence-electron chi connectivity index (χ2n) is 7.07. The topological polar surface area (TPSA) is 71.8 Å². The molecule has 0 spiro atoms. The van der Waals surface area contributed by atoms with E-state index in [9.17, 15) is 9.59 Å².